The van der Waals surface area contributed by atoms with Gasteiger partial charge in [0.1, 0.15) is 11.4 Å². The highest BCUT2D eigenvalue weighted by Gasteiger charge is 2.27. The zero-order valence-corrected chi connectivity index (χ0v) is 20.5. The first-order valence-electron chi connectivity index (χ1n) is 10.8. The van der Waals surface area contributed by atoms with Gasteiger partial charge in [0, 0.05) is 24.7 Å². The first-order valence-corrected chi connectivity index (χ1v) is 12.2. The molecule has 32 heavy (non-hydrogen) atoms. The highest BCUT2D eigenvalue weighted by Crippen LogP contribution is 2.33. The molecule has 0 fully saturated rings. The highest BCUT2D eigenvalue weighted by atomic mass is 32.2. The second kappa shape index (κ2) is 9.55. The molecule has 0 amide bonds. The van der Waals surface area contributed by atoms with Crippen LogP contribution in [0.25, 0.3) is 6.08 Å². The molecule has 2 aromatic carbocycles. The summed E-state index contributed by atoms with van der Waals surface area (Å²) in [5.41, 5.74) is 1.51. The average molecular weight is 460 g/mol. The zero-order chi connectivity index (χ0) is 23.5. The fraction of sp³-hybridized carbons (Fsp3) is 0.440. The van der Waals surface area contributed by atoms with Crippen molar-refractivity contribution in [2.75, 3.05) is 20.8 Å². The summed E-state index contributed by atoms with van der Waals surface area (Å²) < 4.78 is 45.3. The van der Waals surface area contributed by atoms with Gasteiger partial charge in [-0.1, -0.05) is 26.0 Å². The molecule has 2 aromatic rings. The summed E-state index contributed by atoms with van der Waals surface area (Å²) in [6, 6.07) is 10.5. The van der Waals surface area contributed by atoms with Crippen LogP contribution in [0.1, 0.15) is 45.2 Å². The van der Waals surface area contributed by atoms with E-state index in [1.54, 1.807) is 12.1 Å². The molecule has 3 rings (SSSR count). The minimum atomic E-state index is -3.74. The highest BCUT2D eigenvalue weighted by molar-refractivity contribution is 7.89. The van der Waals surface area contributed by atoms with E-state index >= 15 is 0 Å². The molecule has 0 unspecified atom stereocenters. The van der Waals surface area contributed by atoms with E-state index in [2.05, 4.69) is 13.8 Å². The molecule has 0 saturated heterocycles. The van der Waals surface area contributed by atoms with E-state index in [0.29, 0.717) is 24.0 Å². The summed E-state index contributed by atoms with van der Waals surface area (Å²) in [6.07, 6.45) is 4.80. The zero-order valence-electron chi connectivity index (χ0n) is 19.7. The number of nitrogens with zero attached hydrogens (tertiary/aromatic N) is 1. The number of ether oxygens (including phenoxy) is 3. The summed E-state index contributed by atoms with van der Waals surface area (Å²) >= 11 is 0. The van der Waals surface area contributed by atoms with Crippen molar-refractivity contribution < 1.29 is 22.6 Å². The number of hydrogen-bond donors (Lipinski definition) is 0. The van der Waals surface area contributed by atoms with E-state index in [4.69, 9.17) is 14.2 Å². The number of hydrogen-bond acceptors (Lipinski definition) is 5. The molecule has 0 bridgehead atoms. The van der Waals surface area contributed by atoms with Crippen molar-refractivity contribution in [3.63, 3.8) is 0 Å². The second-order valence-corrected chi connectivity index (χ2v) is 10.9. The van der Waals surface area contributed by atoms with Gasteiger partial charge in [-0.3, -0.25) is 0 Å². The number of fused-ring (bicyclic) bond motifs is 1. The van der Waals surface area contributed by atoms with Crippen molar-refractivity contribution >= 4 is 16.1 Å². The lowest BCUT2D eigenvalue weighted by Crippen LogP contribution is -2.32. The lowest BCUT2D eigenvalue weighted by Gasteiger charge is -2.28. The van der Waals surface area contributed by atoms with Crippen LogP contribution in [0.3, 0.4) is 0 Å². The maximum absolute atomic E-state index is 13.6. The van der Waals surface area contributed by atoms with Gasteiger partial charge in [0.25, 0.3) is 0 Å². The average Bonchev–Trinajstić information content (AvgIpc) is 2.75. The largest absolute Gasteiger partial charge is 0.493 e. The summed E-state index contributed by atoms with van der Waals surface area (Å²) in [4.78, 5) is 0.182. The monoisotopic (exact) mass is 459 g/mol. The number of benzene rings is 2. The van der Waals surface area contributed by atoms with E-state index in [1.165, 1.54) is 24.6 Å². The fourth-order valence-electron chi connectivity index (χ4n) is 3.54. The van der Waals surface area contributed by atoms with Gasteiger partial charge in [-0.05, 0) is 62.1 Å². The minimum Gasteiger partial charge on any atom is -0.493 e. The van der Waals surface area contributed by atoms with Crippen molar-refractivity contribution in [1.82, 2.24) is 4.31 Å². The SMILES string of the molecule is COc1ccc(S(=O)(=O)N(CCC(C)C)Cc2ccc3c(c2)C=CC(C)(C)O3)cc1OC. The molecule has 7 heteroatoms. The van der Waals surface area contributed by atoms with Crippen LogP contribution in [-0.4, -0.2) is 39.1 Å². The third-order valence-electron chi connectivity index (χ3n) is 5.42. The molecule has 174 valence electrons. The third-order valence-corrected chi connectivity index (χ3v) is 7.26. The molecular formula is C25H33NO5S. The summed E-state index contributed by atoms with van der Waals surface area (Å²) in [6.45, 7) is 8.88. The number of sulfonamides is 1. The Morgan fingerprint density at radius 3 is 2.41 bits per heavy atom. The standard InChI is InChI=1S/C25H33NO5S/c1-18(2)12-14-26(32(27,28)21-8-10-23(29-5)24(16-21)30-6)17-19-7-9-22-20(15-19)11-13-25(3,4)31-22/h7-11,13,15-16,18H,12,14,17H2,1-6H3. The molecule has 0 radical (unpaired) electrons. The molecule has 1 heterocycles. The molecule has 0 atom stereocenters. The fourth-order valence-corrected chi connectivity index (χ4v) is 5.00. The Morgan fingerprint density at radius 2 is 1.75 bits per heavy atom. The summed E-state index contributed by atoms with van der Waals surface area (Å²) in [5, 5.41) is 0. The van der Waals surface area contributed by atoms with Gasteiger partial charge in [-0.2, -0.15) is 4.31 Å². The van der Waals surface area contributed by atoms with E-state index in [9.17, 15) is 8.42 Å². The second-order valence-electron chi connectivity index (χ2n) is 8.95. The maximum atomic E-state index is 13.6. The Morgan fingerprint density at radius 1 is 1.03 bits per heavy atom. The normalized spacial score (nSPS) is 14.9. The third kappa shape index (κ3) is 5.45. The lowest BCUT2D eigenvalue weighted by molar-refractivity contribution is 0.159. The Hall–Kier alpha value is -2.51. The van der Waals surface area contributed by atoms with Crippen LogP contribution in [0.4, 0.5) is 0 Å². The molecule has 1 aliphatic rings. The van der Waals surface area contributed by atoms with Gasteiger partial charge >= 0.3 is 0 Å². The van der Waals surface area contributed by atoms with Crippen molar-refractivity contribution in [2.24, 2.45) is 5.92 Å². The van der Waals surface area contributed by atoms with Crippen LogP contribution in [0.2, 0.25) is 0 Å². The van der Waals surface area contributed by atoms with Crippen LogP contribution in [0.5, 0.6) is 17.2 Å². The van der Waals surface area contributed by atoms with Crippen LogP contribution in [0.15, 0.2) is 47.4 Å². The molecule has 6 nitrogen and oxygen atoms in total. The maximum Gasteiger partial charge on any atom is 0.243 e. The van der Waals surface area contributed by atoms with Crippen LogP contribution >= 0.6 is 0 Å². The lowest BCUT2D eigenvalue weighted by atomic mass is 10.0. The van der Waals surface area contributed by atoms with E-state index in [-0.39, 0.29) is 17.0 Å². The van der Waals surface area contributed by atoms with Gasteiger partial charge in [0.05, 0.1) is 19.1 Å². The Labute approximate surface area is 191 Å². The van der Waals surface area contributed by atoms with E-state index < -0.39 is 10.0 Å². The van der Waals surface area contributed by atoms with E-state index in [0.717, 1.165) is 23.3 Å². The van der Waals surface area contributed by atoms with Crippen molar-refractivity contribution in [3.8, 4) is 17.2 Å². The Kier molecular flexibility index (Phi) is 7.20. The van der Waals surface area contributed by atoms with Gasteiger partial charge in [-0.25, -0.2) is 8.42 Å². The number of methoxy groups -OCH3 is 2. The van der Waals surface area contributed by atoms with Gasteiger partial charge in [0.2, 0.25) is 10.0 Å². The summed E-state index contributed by atoms with van der Waals surface area (Å²) in [7, 11) is -0.725. The van der Waals surface area contributed by atoms with Crippen molar-refractivity contribution in [3.05, 3.63) is 53.6 Å². The predicted octanol–water partition coefficient (Wildman–Crippen LogP) is 5.13. The Bertz CT molecular complexity index is 1090. The van der Waals surface area contributed by atoms with Gasteiger partial charge < -0.3 is 14.2 Å². The van der Waals surface area contributed by atoms with Crippen molar-refractivity contribution in [2.45, 2.75) is 51.2 Å². The Balaban J connectivity index is 1.93. The van der Waals surface area contributed by atoms with Gasteiger partial charge in [0.15, 0.2) is 11.5 Å². The molecule has 0 aromatic heterocycles. The molecule has 0 aliphatic carbocycles. The predicted molar refractivity (Wildman–Crippen MR) is 127 cm³/mol. The van der Waals surface area contributed by atoms with Crippen LogP contribution in [0, 0.1) is 5.92 Å². The summed E-state index contributed by atoms with van der Waals surface area (Å²) in [5.74, 6) is 2.05. The van der Waals surface area contributed by atoms with E-state index in [1.807, 2.05) is 44.2 Å². The molecule has 0 saturated carbocycles. The molecule has 0 N–H and O–H groups in total. The topological polar surface area (TPSA) is 65.1 Å². The first kappa shape index (κ1) is 24.1. The van der Waals surface area contributed by atoms with Crippen molar-refractivity contribution in [1.29, 1.82) is 0 Å². The quantitative estimate of drug-likeness (QED) is 0.520. The smallest absolute Gasteiger partial charge is 0.243 e. The molecular weight excluding hydrogens is 426 g/mol. The van der Waals surface area contributed by atoms with Crippen LogP contribution in [-0.2, 0) is 16.6 Å². The number of rotatable bonds is 9. The van der Waals surface area contributed by atoms with Gasteiger partial charge in [-0.15, -0.1) is 0 Å². The molecule has 1 aliphatic heterocycles. The molecule has 0 spiro atoms. The minimum absolute atomic E-state index is 0.182. The first-order chi connectivity index (χ1) is 15.1. The van der Waals surface area contributed by atoms with Crippen LogP contribution < -0.4 is 14.2 Å².